The lowest BCUT2D eigenvalue weighted by Gasteiger charge is -2.12. The standard InChI is InChI=1S/C17H15ClO4/c1-11(18)17(21)22-15-9-13(12-5-3-2-4-6-12)7-8-14(15)10-16(19)20/h2-9,11H,10H2,1H3,(H,19,20). The minimum Gasteiger partial charge on any atom is -0.481 e. The molecule has 0 heterocycles. The zero-order chi connectivity index (χ0) is 16.1. The molecule has 2 aromatic rings. The number of alkyl halides is 1. The maximum absolute atomic E-state index is 11.7. The summed E-state index contributed by atoms with van der Waals surface area (Å²) in [4.78, 5) is 22.6. The Kier molecular flexibility index (Phi) is 5.17. The second-order valence-electron chi connectivity index (χ2n) is 4.80. The van der Waals surface area contributed by atoms with E-state index in [0.717, 1.165) is 11.1 Å². The lowest BCUT2D eigenvalue weighted by atomic mass is 10.0. The largest absolute Gasteiger partial charge is 0.481 e. The molecule has 22 heavy (non-hydrogen) atoms. The molecule has 4 nitrogen and oxygen atoms in total. The molecule has 0 radical (unpaired) electrons. The van der Waals surface area contributed by atoms with Gasteiger partial charge in [0, 0.05) is 5.56 Å². The van der Waals surface area contributed by atoms with E-state index in [-0.39, 0.29) is 12.2 Å². The molecule has 0 bridgehead atoms. The summed E-state index contributed by atoms with van der Waals surface area (Å²) in [5.74, 6) is -1.39. The summed E-state index contributed by atoms with van der Waals surface area (Å²) in [6, 6.07) is 14.6. The molecule has 0 aliphatic heterocycles. The fourth-order valence-electron chi connectivity index (χ4n) is 1.96. The zero-order valence-electron chi connectivity index (χ0n) is 12.0. The van der Waals surface area contributed by atoms with E-state index in [1.54, 1.807) is 18.2 Å². The van der Waals surface area contributed by atoms with Crippen LogP contribution < -0.4 is 4.74 Å². The molecule has 5 heteroatoms. The van der Waals surface area contributed by atoms with Crippen molar-refractivity contribution in [1.29, 1.82) is 0 Å². The van der Waals surface area contributed by atoms with Crippen LogP contribution in [0.1, 0.15) is 12.5 Å². The van der Waals surface area contributed by atoms with E-state index >= 15 is 0 Å². The average molecular weight is 319 g/mol. The van der Waals surface area contributed by atoms with Gasteiger partial charge in [0.1, 0.15) is 11.1 Å². The van der Waals surface area contributed by atoms with Crippen LogP contribution >= 0.6 is 11.6 Å². The number of rotatable bonds is 5. The van der Waals surface area contributed by atoms with E-state index in [1.807, 2.05) is 30.3 Å². The molecule has 0 aliphatic rings. The van der Waals surface area contributed by atoms with Gasteiger partial charge in [0.05, 0.1) is 6.42 Å². The highest BCUT2D eigenvalue weighted by atomic mass is 35.5. The van der Waals surface area contributed by atoms with Crippen LogP contribution in [0.3, 0.4) is 0 Å². The van der Waals surface area contributed by atoms with Gasteiger partial charge in [-0.05, 0) is 24.1 Å². The Bertz CT molecular complexity index is 680. The van der Waals surface area contributed by atoms with E-state index in [9.17, 15) is 9.59 Å². The van der Waals surface area contributed by atoms with Crippen molar-refractivity contribution in [2.24, 2.45) is 0 Å². The molecule has 0 saturated carbocycles. The number of esters is 1. The number of ether oxygens (including phenoxy) is 1. The molecular formula is C17H15ClO4. The first-order valence-electron chi connectivity index (χ1n) is 6.73. The van der Waals surface area contributed by atoms with Gasteiger partial charge in [-0.3, -0.25) is 9.59 Å². The Labute approximate surface area is 133 Å². The van der Waals surface area contributed by atoms with Gasteiger partial charge >= 0.3 is 11.9 Å². The maximum Gasteiger partial charge on any atom is 0.329 e. The molecule has 1 unspecified atom stereocenters. The number of carbonyl (C=O) groups is 2. The lowest BCUT2D eigenvalue weighted by Crippen LogP contribution is -2.18. The first-order valence-corrected chi connectivity index (χ1v) is 7.17. The normalized spacial score (nSPS) is 11.7. The number of aliphatic carboxylic acids is 1. The van der Waals surface area contributed by atoms with Crippen molar-refractivity contribution in [3.05, 3.63) is 54.1 Å². The quantitative estimate of drug-likeness (QED) is 0.520. The average Bonchev–Trinajstić information content (AvgIpc) is 2.49. The molecule has 0 spiro atoms. The Balaban J connectivity index is 2.40. The van der Waals surface area contributed by atoms with Crippen LogP contribution in [0.2, 0.25) is 0 Å². The molecule has 114 valence electrons. The van der Waals surface area contributed by atoms with E-state index in [2.05, 4.69) is 0 Å². The van der Waals surface area contributed by atoms with E-state index in [4.69, 9.17) is 21.4 Å². The van der Waals surface area contributed by atoms with Crippen molar-refractivity contribution in [3.63, 3.8) is 0 Å². The maximum atomic E-state index is 11.7. The number of carboxylic acids is 1. The van der Waals surface area contributed by atoms with Gasteiger partial charge in [-0.15, -0.1) is 11.6 Å². The van der Waals surface area contributed by atoms with Gasteiger partial charge in [-0.25, -0.2) is 0 Å². The molecular weight excluding hydrogens is 304 g/mol. The minimum absolute atomic E-state index is 0.223. The second kappa shape index (κ2) is 7.09. The molecule has 0 aliphatic carbocycles. The van der Waals surface area contributed by atoms with Gasteiger partial charge in [0.25, 0.3) is 0 Å². The summed E-state index contributed by atoms with van der Waals surface area (Å²) in [6.07, 6.45) is -0.228. The van der Waals surface area contributed by atoms with Crippen LogP contribution in [-0.4, -0.2) is 22.4 Å². The molecule has 0 amide bonds. The summed E-state index contributed by atoms with van der Waals surface area (Å²) < 4.78 is 5.24. The van der Waals surface area contributed by atoms with Gasteiger partial charge < -0.3 is 9.84 Å². The summed E-state index contributed by atoms with van der Waals surface area (Å²) in [5, 5.41) is 8.15. The number of carboxylic acid groups (broad SMARTS) is 1. The van der Waals surface area contributed by atoms with Crippen LogP contribution in [0.4, 0.5) is 0 Å². The molecule has 1 N–H and O–H groups in total. The highest BCUT2D eigenvalue weighted by Crippen LogP contribution is 2.28. The van der Waals surface area contributed by atoms with Gasteiger partial charge in [0.2, 0.25) is 0 Å². The molecule has 0 saturated heterocycles. The van der Waals surface area contributed by atoms with E-state index in [0.29, 0.717) is 5.56 Å². The van der Waals surface area contributed by atoms with E-state index < -0.39 is 17.3 Å². The molecule has 0 aromatic heterocycles. The molecule has 1 atom stereocenters. The minimum atomic E-state index is -0.997. The second-order valence-corrected chi connectivity index (χ2v) is 5.45. The van der Waals surface area contributed by atoms with Gasteiger partial charge in [0.15, 0.2) is 0 Å². The van der Waals surface area contributed by atoms with Crippen LogP contribution in [-0.2, 0) is 16.0 Å². The monoisotopic (exact) mass is 318 g/mol. The van der Waals surface area contributed by atoms with Crippen molar-refractivity contribution in [2.75, 3.05) is 0 Å². The summed E-state index contributed by atoms with van der Waals surface area (Å²) in [6.45, 7) is 1.50. The highest BCUT2D eigenvalue weighted by Gasteiger charge is 2.16. The molecule has 0 fully saturated rings. The third kappa shape index (κ3) is 4.09. The summed E-state index contributed by atoms with van der Waals surface area (Å²) >= 11 is 5.70. The Hall–Kier alpha value is -2.33. The molecule has 2 rings (SSSR count). The smallest absolute Gasteiger partial charge is 0.329 e. The van der Waals surface area contributed by atoms with Crippen molar-refractivity contribution in [2.45, 2.75) is 18.7 Å². The molecule has 2 aromatic carbocycles. The highest BCUT2D eigenvalue weighted by molar-refractivity contribution is 6.29. The number of hydrogen-bond donors (Lipinski definition) is 1. The van der Waals surface area contributed by atoms with Crippen molar-refractivity contribution in [3.8, 4) is 16.9 Å². The van der Waals surface area contributed by atoms with Crippen LogP contribution in [0.5, 0.6) is 5.75 Å². The number of carbonyl (C=O) groups excluding carboxylic acids is 1. The SMILES string of the molecule is CC(Cl)C(=O)Oc1cc(-c2ccccc2)ccc1CC(=O)O. The van der Waals surface area contributed by atoms with Crippen molar-refractivity contribution >= 4 is 23.5 Å². The van der Waals surface area contributed by atoms with Crippen molar-refractivity contribution < 1.29 is 19.4 Å². The number of benzene rings is 2. The fraction of sp³-hybridized carbons (Fsp3) is 0.176. The topological polar surface area (TPSA) is 63.6 Å². The fourth-order valence-corrected chi connectivity index (χ4v) is 2.00. The Morgan fingerprint density at radius 1 is 1.14 bits per heavy atom. The first kappa shape index (κ1) is 16.0. The number of halogens is 1. The Morgan fingerprint density at radius 3 is 2.41 bits per heavy atom. The zero-order valence-corrected chi connectivity index (χ0v) is 12.7. The third-order valence-electron chi connectivity index (χ3n) is 3.05. The summed E-state index contributed by atoms with van der Waals surface area (Å²) in [5.41, 5.74) is 2.21. The predicted molar refractivity (Wildman–Crippen MR) is 84.2 cm³/mol. The van der Waals surface area contributed by atoms with Crippen LogP contribution in [0.15, 0.2) is 48.5 Å². The van der Waals surface area contributed by atoms with Gasteiger partial charge in [-0.2, -0.15) is 0 Å². The summed E-state index contributed by atoms with van der Waals surface area (Å²) in [7, 11) is 0. The van der Waals surface area contributed by atoms with E-state index in [1.165, 1.54) is 6.92 Å². The first-order chi connectivity index (χ1) is 10.5. The van der Waals surface area contributed by atoms with Crippen LogP contribution in [0, 0.1) is 0 Å². The number of hydrogen-bond acceptors (Lipinski definition) is 3. The third-order valence-corrected chi connectivity index (χ3v) is 3.23. The Morgan fingerprint density at radius 2 is 1.82 bits per heavy atom. The van der Waals surface area contributed by atoms with Crippen LogP contribution in [0.25, 0.3) is 11.1 Å². The lowest BCUT2D eigenvalue weighted by molar-refractivity contribution is -0.137. The van der Waals surface area contributed by atoms with Gasteiger partial charge in [-0.1, -0.05) is 42.5 Å². The predicted octanol–water partition coefficient (Wildman–Crippen LogP) is 3.51. The van der Waals surface area contributed by atoms with Crippen molar-refractivity contribution in [1.82, 2.24) is 0 Å².